The fourth-order valence-corrected chi connectivity index (χ4v) is 4.03. The average molecular weight is 311 g/mol. The molecule has 0 aliphatic carbocycles. The fourth-order valence-electron chi connectivity index (χ4n) is 1.21. The van der Waals surface area contributed by atoms with E-state index in [0.29, 0.717) is 19.6 Å². The molecule has 1 aliphatic rings. The lowest BCUT2D eigenvalue weighted by Crippen LogP contribution is -2.31. The first-order valence-electron chi connectivity index (χ1n) is 4.44. The lowest BCUT2D eigenvalue weighted by atomic mass is 10.5. The summed E-state index contributed by atoms with van der Waals surface area (Å²) in [5.74, 6) is 0. The van der Waals surface area contributed by atoms with Crippen molar-refractivity contribution in [1.82, 2.24) is 8.61 Å². The van der Waals surface area contributed by atoms with Gasteiger partial charge < -0.3 is 0 Å². The van der Waals surface area contributed by atoms with E-state index < -0.39 is 10.2 Å². The van der Waals surface area contributed by atoms with Gasteiger partial charge in [0.15, 0.2) is 0 Å². The zero-order chi connectivity index (χ0) is 11.1. The molecule has 1 fully saturated rings. The van der Waals surface area contributed by atoms with Crippen molar-refractivity contribution in [3.63, 3.8) is 0 Å². The van der Waals surface area contributed by atoms with Crippen molar-refractivity contribution < 1.29 is 8.42 Å². The summed E-state index contributed by atoms with van der Waals surface area (Å²) in [5, 5.41) is 1.95. The Morgan fingerprint density at radius 1 is 1.60 bits per heavy atom. The summed E-state index contributed by atoms with van der Waals surface area (Å²) in [5.41, 5.74) is 0. The minimum absolute atomic E-state index is 0.440. The summed E-state index contributed by atoms with van der Waals surface area (Å²) in [6, 6.07) is 1.94. The largest absolute Gasteiger partial charge is 0.282 e. The minimum Gasteiger partial charge on any atom is -0.195 e. The van der Waals surface area contributed by atoms with Crippen LogP contribution in [0.2, 0.25) is 0 Å². The Morgan fingerprint density at radius 2 is 2.27 bits per heavy atom. The van der Waals surface area contributed by atoms with Crippen LogP contribution in [0.25, 0.3) is 0 Å². The summed E-state index contributed by atoms with van der Waals surface area (Å²) in [7, 11) is -1.58. The highest BCUT2D eigenvalue weighted by atomic mass is 79.9. The summed E-state index contributed by atoms with van der Waals surface area (Å²) in [4.78, 5) is 1.04. The van der Waals surface area contributed by atoms with E-state index in [9.17, 15) is 8.42 Å². The van der Waals surface area contributed by atoms with Crippen LogP contribution in [0.3, 0.4) is 0 Å². The normalized spacial score (nSPS) is 17.3. The Kier molecular flexibility index (Phi) is 3.18. The van der Waals surface area contributed by atoms with Gasteiger partial charge in [-0.2, -0.15) is 17.0 Å². The van der Waals surface area contributed by atoms with E-state index >= 15 is 0 Å². The third-order valence-electron chi connectivity index (χ3n) is 2.13. The molecule has 2 rings (SSSR count). The SMILES string of the molecule is CN(Cc1cc(Br)cs1)S(=O)(=O)N1CC1. The predicted octanol–water partition coefficient (Wildman–Crippen LogP) is 1.50. The van der Waals surface area contributed by atoms with Crippen LogP contribution in [-0.4, -0.2) is 37.2 Å². The summed E-state index contributed by atoms with van der Waals surface area (Å²) < 4.78 is 27.3. The first kappa shape index (κ1) is 11.5. The van der Waals surface area contributed by atoms with Crippen LogP contribution in [0.15, 0.2) is 15.9 Å². The molecule has 0 spiro atoms. The third kappa shape index (κ3) is 2.59. The molecule has 0 aromatic carbocycles. The number of hydrogen-bond donors (Lipinski definition) is 0. The molecule has 0 radical (unpaired) electrons. The molecule has 0 unspecified atom stereocenters. The Bertz CT molecular complexity index is 453. The zero-order valence-electron chi connectivity index (χ0n) is 8.18. The molecule has 7 heteroatoms. The van der Waals surface area contributed by atoms with Gasteiger partial charge in [-0.1, -0.05) is 0 Å². The van der Waals surface area contributed by atoms with Crippen molar-refractivity contribution in [3.05, 3.63) is 20.8 Å². The van der Waals surface area contributed by atoms with Crippen molar-refractivity contribution >= 4 is 37.5 Å². The van der Waals surface area contributed by atoms with Gasteiger partial charge in [0.05, 0.1) is 0 Å². The van der Waals surface area contributed by atoms with E-state index in [0.717, 1.165) is 9.35 Å². The number of halogens is 1. The van der Waals surface area contributed by atoms with Gasteiger partial charge in [0.1, 0.15) is 0 Å². The molecule has 0 bridgehead atoms. The summed E-state index contributed by atoms with van der Waals surface area (Å²) >= 11 is 4.90. The van der Waals surface area contributed by atoms with Gasteiger partial charge in [0.25, 0.3) is 10.2 Å². The van der Waals surface area contributed by atoms with Gasteiger partial charge >= 0.3 is 0 Å². The summed E-state index contributed by atoms with van der Waals surface area (Å²) in [6.45, 7) is 1.75. The standard InChI is InChI=1S/C8H11BrN2O2S2/c1-10(15(12,13)11-2-3-11)5-8-4-7(9)6-14-8/h4,6H,2-3,5H2,1H3. The second-order valence-corrected chi connectivity index (χ2v) is 7.34. The Balaban J connectivity index is 2.06. The van der Waals surface area contributed by atoms with Crippen LogP contribution in [0, 0.1) is 0 Å². The molecular weight excluding hydrogens is 300 g/mol. The molecule has 1 aromatic heterocycles. The van der Waals surface area contributed by atoms with Crippen molar-refractivity contribution in [3.8, 4) is 0 Å². The van der Waals surface area contributed by atoms with Crippen LogP contribution in [0.5, 0.6) is 0 Å². The average Bonchev–Trinajstić information content (AvgIpc) is 2.92. The molecule has 15 heavy (non-hydrogen) atoms. The van der Waals surface area contributed by atoms with Gasteiger partial charge in [-0.05, 0) is 22.0 Å². The third-order valence-corrected chi connectivity index (χ3v) is 5.74. The number of nitrogens with zero attached hydrogens (tertiary/aromatic N) is 2. The Hall–Kier alpha value is 0.0500. The predicted molar refractivity (Wildman–Crippen MR) is 64.0 cm³/mol. The fraction of sp³-hybridized carbons (Fsp3) is 0.500. The summed E-state index contributed by atoms with van der Waals surface area (Å²) in [6.07, 6.45) is 0. The number of hydrogen-bond acceptors (Lipinski definition) is 3. The second kappa shape index (κ2) is 4.14. The lowest BCUT2D eigenvalue weighted by Gasteiger charge is -2.15. The van der Waals surface area contributed by atoms with Crippen molar-refractivity contribution in [2.75, 3.05) is 20.1 Å². The number of thiophene rings is 1. The maximum atomic E-state index is 11.7. The molecular formula is C8H11BrN2O2S2. The topological polar surface area (TPSA) is 40.4 Å². The molecule has 2 heterocycles. The van der Waals surface area contributed by atoms with E-state index in [2.05, 4.69) is 15.9 Å². The maximum absolute atomic E-state index is 11.7. The number of rotatable bonds is 4. The van der Waals surface area contributed by atoms with E-state index in [1.54, 1.807) is 18.4 Å². The Morgan fingerprint density at radius 3 is 2.73 bits per heavy atom. The first-order chi connectivity index (χ1) is 7.00. The maximum Gasteiger partial charge on any atom is 0.282 e. The van der Waals surface area contributed by atoms with E-state index in [4.69, 9.17) is 0 Å². The molecule has 1 aliphatic heterocycles. The van der Waals surface area contributed by atoms with E-state index in [-0.39, 0.29) is 0 Å². The lowest BCUT2D eigenvalue weighted by molar-refractivity contribution is 0.442. The van der Waals surface area contributed by atoms with Crippen LogP contribution in [0.4, 0.5) is 0 Å². The van der Waals surface area contributed by atoms with Crippen molar-refractivity contribution in [2.24, 2.45) is 0 Å². The molecule has 1 saturated heterocycles. The molecule has 4 nitrogen and oxygen atoms in total. The van der Waals surface area contributed by atoms with Crippen molar-refractivity contribution in [1.29, 1.82) is 0 Å². The minimum atomic E-state index is -3.20. The molecule has 0 saturated carbocycles. The van der Waals surface area contributed by atoms with Crippen LogP contribution >= 0.6 is 27.3 Å². The van der Waals surface area contributed by atoms with Crippen molar-refractivity contribution in [2.45, 2.75) is 6.54 Å². The highest BCUT2D eigenvalue weighted by Gasteiger charge is 2.35. The van der Waals surface area contributed by atoms with E-state index in [1.165, 1.54) is 8.61 Å². The van der Waals surface area contributed by atoms with Crippen LogP contribution in [-0.2, 0) is 16.8 Å². The van der Waals surface area contributed by atoms with E-state index in [1.807, 2.05) is 11.4 Å². The van der Waals surface area contributed by atoms with Gasteiger partial charge in [-0.3, -0.25) is 0 Å². The molecule has 1 aromatic rings. The molecule has 0 N–H and O–H groups in total. The smallest absolute Gasteiger partial charge is 0.195 e. The quantitative estimate of drug-likeness (QED) is 0.791. The van der Waals surface area contributed by atoms with Gasteiger partial charge in [-0.25, -0.2) is 0 Å². The monoisotopic (exact) mass is 310 g/mol. The second-order valence-electron chi connectivity index (χ2n) is 3.39. The van der Waals surface area contributed by atoms with Gasteiger partial charge in [0.2, 0.25) is 0 Å². The highest BCUT2D eigenvalue weighted by Crippen LogP contribution is 2.23. The van der Waals surface area contributed by atoms with Gasteiger partial charge in [0, 0.05) is 41.4 Å². The zero-order valence-corrected chi connectivity index (χ0v) is 11.4. The van der Waals surface area contributed by atoms with Crippen LogP contribution < -0.4 is 0 Å². The Labute approximate surface area is 102 Å². The first-order valence-corrected chi connectivity index (χ1v) is 7.51. The van der Waals surface area contributed by atoms with Crippen LogP contribution in [0.1, 0.15) is 4.88 Å². The highest BCUT2D eigenvalue weighted by molar-refractivity contribution is 9.10. The molecule has 0 amide bonds. The van der Waals surface area contributed by atoms with Gasteiger partial charge in [-0.15, -0.1) is 11.3 Å². The molecule has 0 atom stereocenters. The molecule has 84 valence electrons.